The zero-order chi connectivity index (χ0) is 12.3. The van der Waals surface area contributed by atoms with Gasteiger partial charge >= 0.3 is 5.97 Å². The lowest BCUT2D eigenvalue weighted by Crippen LogP contribution is -2.10. The summed E-state index contributed by atoms with van der Waals surface area (Å²) in [4.78, 5) is 18.7. The van der Waals surface area contributed by atoms with Gasteiger partial charge in [-0.1, -0.05) is 18.2 Å². The third-order valence-electron chi connectivity index (χ3n) is 2.12. The number of benzene rings is 1. The lowest BCUT2D eigenvalue weighted by molar-refractivity contribution is -0.129. The Morgan fingerprint density at radius 2 is 2.18 bits per heavy atom. The molecule has 0 radical (unpaired) electrons. The highest BCUT2D eigenvalue weighted by molar-refractivity contribution is 6.34. The number of carbonyl (C=O) groups is 1. The van der Waals surface area contributed by atoms with Crippen molar-refractivity contribution >= 4 is 28.5 Å². The molecule has 0 aliphatic carbocycles. The van der Waals surface area contributed by atoms with E-state index in [4.69, 9.17) is 5.11 Å². The lowest BCUT2D eigenvalue weighted by Gasteiger charge is -2.01. The molecule has 2 rings (SSSR count). The summed E-state index contributed by atoms with van der Waals surface area (Å²) < 4.78 is 0. The van der Waals surface area contributed by atoms with Gasteiger partial charge in [0.1, 0.15) is 5.71 Å². The maximum Gasteiger partial charge on any atom is 0.351 e. The second kappa shape index (κ2) is 4.56. The van der Waals surface area contributed by atoms with E-state index >= 15 is 0 Å². The van der Waals surface area contributed by atoms with Gasteiger partial charge in [0.2, 0.25) is 5.95 Å². The first-order valence-corrected chi connectivity index (χ1v) is 4.92. The van der Waals surface area contributed by atoms with E-state index < -0.39 is 5.97 Å². The van der Waals surface area contributed by atoms with Gasteiger partial charge in [0.15, 0.2) is 0 Å². The van der Waals surface area contributed by atoms with Crippen LogP contribution in [0.3, 0.4) is 0 Å². The highest BCUT2D eigenvalue weighted by atomic mass is 16.4. The van der Waals surface area contributed by atoms with Gasteiger partial charge in [-0.15, -0.1) is 0 Å². The Hall–Kier alpha value is -2.50. The summed E-state index contributed by atoms with van der Waals surface area (Å²) in [5.74, 6) is -0.817. The minimum atomic E-state index is -1.08. The Balaban J connectivity index is 2.25. The highest BCUT2D eigenvalue weighted by Crippen LogP contribution is 2.11. The maximum absolute atomic E-state index is 10.5. The Kier molecular flexibility index (Phi) is 2.95. The average Bonchev–Trinajstić information content (AvgIpc) is 2.35. The minimum absolute atomic E-state index is 0.0539. The van der Waals surface area contributed by atoms with Crippen molar-refractivity contribution in [3.63, 3.8) is 0 Å². The molecule has 0 saturated carbocycles. The standard InChI is InChI=1S/C11H10N4O2/c1-7(10(16)17)14-15-11-12-6-8-4-2-3-5-9(8)13-11/h2-6H,1H3,(H,16,17)(H,12,13,15)/b14-7+. The number of hydrogen-bond donors (Lipinski definition) is 2. The fourth-order valence-corrected chi connectivity index (χ4v) is 1.21. The van der Waals surface area contributed by atoms with Gasteiger partial charge in [0.05, 0.1) is 5.52 Å². The number of para-hydroxylation sites is 1. The fourth-order valence-electron chi connectivity index (χ4n) is 1.21. The molecule has 0 spiro atoms. The van der Waals surface area contributed by atoms with Crippen molar-refractivity contribution in [3.05, 3.63) is 30.5 Å². The first-order chi connectivity index (χ1) is 8.16. The predicted molar refractivity (Wildman–Crippen MR) is 63.9 cm³/mol. The van der Waals surface area contributed by atoms with E-state index in [1.54, 1.807) is 6.20 Å². The van der Waals surface area contributed by atoms with Crippen LogP contribution in [0.15, 0.2) is 35.6 Å². The first-order valence-electron chi connectivity index (χ1n) is 4.92. The molecular formula is C11H10N4O2. The molecule has 6 heteroatoms. The second-order valence-corrected chi connectivity index (χ2v) is 3.37. The summed E-state index contributed by atoms with van der Waals surface area (Å²) >= 11 is 0. The normalized spacial score (nSPS) is 11.5. The number of anilines is 1. The van der Waals surface area contributed by atoms with Gasteiger partial charge in [-0.05, 0) is 13.0 Å². The molecule has 86 valence electrons. The van der Waals surface area contributed by atoms with Crippen LogP contribution in [0, 0.1) is 0 Å². The monoisotopic (exact) mass is 230 g/mol. The number of hydrazone groups is 1. The number of rotatable bonds is 3. The largest absolute Gasteiger partial charge is 0.477 e. The molecule has 0 atom stereocenters. The van der Waals surface area contributed by atoms with E-state index in [1.165, 1.54) is 6.92 Å². The Morgan fingerprint density at radius 3 is 2.94 bits per heavy atom. The molecular weight excluding hydrogens is 220 g/mol. The number of hydrogen-bond acceptors (Lipinski definition) is 5. The summed E-state index contributed by atoms with van der Waals surface area (Å²) in [6.07, 6.45) is 1.65. The van der Waals surface area contributed by atoms with Gasteiger partial charge in [-0.2, -0.15) is 5.10 Å². The van der Waals surface area contributed by atoms with Gasteiger partial charge in [0, 0.05) is 11.6 Å². The number of fused-ring (bicyclic) bond motifs is 1. The molecule has 1 heterocycles. The van der Waals surface area contributed by atoms with Crippen LogP contribution in [0.4, 0.5) is 5.95 Å². The molecule has 0 bridgehead atoms. The van der Waals surface area contributed by atoms with Crippen LogP contribution in [0.5, 0.6) is 0 Å². The number of carboxylic acid groups (broad SMARTS) is 1. The zero-order valence-corrected chi connectivity index (χ0v) is 9.08. The van der Waals surface area contributed by atoms with Crippen LogP contribution in [0.2, 0.25) is 0 Å². The van der Waals surface area contributed by atoms with Crippen LogP contribution in [-0.2, 0) is 4.79 Å². The van der Waals surface area contributed by atoms with Gasteiger partial charge in [-0.3, -0.25) is 0 Å². The van der Waals surface area contributed by atoms with Crippen LogP contribution >= 0.6 is 0 Å². The van der Waals surface area contributed by atoms with Crippen molar-refractivity contribution < 1.29 is 9.90 Å². The molecule has 0 saturated heterocycles. The molecule has 1 aromatic carbocycles. The molecule has 0 aliphatic rings. The van der Waals surface area contributed by atoms with Crippen molar-refractivity contribution in [1.29, 1.82) is 0 Å². The van der Waals surface area contributed by atoms with E-state index in [2.05, 4.69) is 20.5 Å². The van der Waals surface area contributed by atoms with Crippen molar-refractivity contribution in [1.82, 2.24) is 9.97 Å². The van der Waals surface area contributed by atoms with Crippen molar-refractivity contribution in [2.24, 2.45) is 5.10 Å². The smallest absolute Gasteiger partial charge is 0.351 e. The van der Waals surface area contributed by atoms with Crippen LogP contribution in [0.25, 0.3) is 10.9 Å². The molecule has 0 fully saturated rings. The summed E-state index contributed by atoms with van der Waals surface area (Å²) in [6.45, 7) is 1.39. The Bertz CT molecular complexity index is 595. The number of carboxylic acids is 1. The minimum Gasteiger partial charge on any atom is -0.477 e. The van der Waals surface area contributed by atoms with Gasteiger partial charge in [0.25, 0.3) is 0 Å². The predicted octanol–water partition coefficient (Wildman–Crippen LogP) is 1.50. The molecule has 0 aliphatic heterocycles. The third-order valence-corrected chi connectivity index (χ3v) is 2.12. The fraction of sp³-hybridized carbons (Fsp3) is 0.0909. The number of nitrogens with one attached hydrogen (secondary N) is 1. The average molecular weight is 230 g/mol. The highest BCUT2D eigenvalue weighted by Gasteiger charge is 2.02. The quantitative estimate of drug-likeness (QED) is 0.616. The van der Waals surface area contributed by atoms with Crippen molar-refractivity contribution in [3.8, 4) is 0 Å². The molecule has 2 N–H and O–H groups in total. The zero-order valence-electron chi connectivity index (χ0n) is 9.08. The molecule has 6 nitrogen and oxygen atoms in total. The van der Waals surface area contributed by atoms with E-state index in [0.717, 1.165) is 10.9 Å². The van der Waals surface area contributed by atoms with Crippen LogP contribution < -0.4 is 5.43 Å². The Morgan fingerprint density at radius 1 is 1.41 bits per heavy atom. The van der Waals surface area contributed by atoms with E-state index in [0.29, 0.717) is 0 Å². The summed E-state index contributed by atoms with van der Waals surface area (Å²) in [7, 11) is 0. The Labute approximate surface area is 97.0 Å². The molecule has 1 aromatic heterocycles. The topological polar surface area (TPSA) is 87.5 Å². The van der Waals surface area contributed by atoms with E-state index in [9.17, 15) is 4.79 Å². The summed E-state index contributed by atoms with van der Waals surface area (Å²) in [6, 6.07) is 7.50. The van der Waals surface area contributed by atoms with Gasteiger partial charge in [-0.25, -0.2) is 20.2 Å². The van der Waals surface area contributed by atoms with Gasteiger partial charge < -0.3 is 5.11 Å². The molecule has 2 aromatic rings. The second-order valence-electron chi connectivity index (χ2n) is 3.37. The number of aliphatic carboxylic acids is 1. The molecule has 17 heavy (non-hydrogen) atoms. The SMILES string of the molecule is C/C(=N\Nc1ncc2ccccc2n1)C(=O)O. The molecule has 0 unspecified atom stereocenters. The number of nitrogens with zero attached hydrogens (tertiary/aromatic N) is 3. The van der Waals surface area contributed by atoms with E-state index in [1.807, 2.05) is 24.3 Å². The number of aromatic nitrogens is 2. The van der Waals surface area contributed by atoms with Crippen LogP contribution in [0.1, 0.15) is 6.92 Å². The third kappa shape index (κ3) is 2.54. The van der Waals surface area contributed by atoms with Crippen molar-refractivity contribution in [2.75, 3.05) is 5.43 Å². The lowest BCUT2D eigenvalue weighted by atomic mass is 10.2. The first kappa shape index (κ1) is 11.0. The van der Waals surface area contributed by atoms with E-state index in [-0.39, 0.29) is 11.7 Å². The summed E-state index contributed by atoms with van der Waals surface area (Å²) in [5.41, 5.74) is 3.22. The van der Waals surface area contributed by atoms with Crippen LogP contribution in [-0.4, -0.2) is 26.8 Å². The maximum atomic E-state index is 10.5. The molecule has 0 amide bonds. The summed E-state index contributed by atoms with van der Waals surface area (Å²) in [5, 5.41) is 13.2. The van der Waals surface area contributed by atoms with Crippen molar-refractivity contribution in [2.45, 2.75) is 6.92 Å².